The molecule has 7 heterocycles. The monoisotopic (exact) mass is 661 g/mol. The smallest absolute Gasteiger partial charge is 0.190 e. The lowest BCUT2D eigenvalue weighted by molar-refractivity contribution is -0.239. The maximum absolute atomic E-state index is 8.36. The lowest BCUT2D eigenvalue weighted by Gasteiger charge is -2.37. The second-order valence-corrected chi connectivity index (χ2v) is 14.7. The Morgan fingerprint density at radius 1 is 0.596 bits per heavy atom. The van der Waals surface area contributed by atoms with Gasteiger partial charge in [0.2, 0.25) is 0 Å². The predicted molar refractivity (Wildman–Crippen MR) is 160 cm³/mol. The Balaban J connectivity index is 1.04. The zero-order valence-corrected chi connectivity index (χ0v) is 27.8. The largest absolute Gasteiger partial charge is 0.487 e. The summed E-state index contributed by atoms with van der Waals surface area (Å²) >= 11 is 0. The molecule has 0 bridgehead atoms. The van der Waals surface area contributed by atoms with Crippen LogP contribution in [0.1, 0.15) is 66.5 Å². The maximum Gasteiger partial charge on any atom is 0.190 e. The molecule has 258 valence electrons. The molecule has 0 radical (unpaired) electrons. The molecule has 6 saturated heterocycles. The predicted octanol–water partition coefficient (Wildman–Crippen LogP) is 2.28. The highest BCUT2D eigenvalue weighted by Crippen LogP contribution is 2.46. The number of rotatable bonds is 6. The molecular formula is C32H43N3O12. The van der Waals surface area contributed by atoms with E-state index in [1.165, 1.54) is 0 Å². The molecule has 1 aromatic rings. The molecule has 15 nitrogen and oxygen atoms in total. The molecule has 3 N–H and O–H groups in total. The first-order chi connectivity index (χ1) is 22.0. The molecule has 6 fully saturated rings. The maximum atomic E-state index is 8.36. The number of ether oxygens (including phenoxy) is 12. The second kappa shape index (κ2) is 10.5. The SMILES string of the molecule is CC1(C)O[C@H]2[C@@H](O1)[C@@H](COc1cc3c(cc1OC[C@H]1O[C@@H]4OC(C)(C)O[C@@H]4[C@H]4OC(C)(C)O[C@H]41)C(N)=NC3=N)O[C@@H]1OC(C)(C)O[C@@H]12. The van der Waals surface area contributed by atoms with Crippen molar-refractivity contribution in [3.8, 4) is 11.5 Å². The summed E-state index contributed by atoms with van der Waals surface area (Å²) in [5, 5.41) is 8.36. The summed E-state index contributed by atoms with van der Waals surface area (Å²) in [6, 6.07) is 3.42. The minimum absolute atomic E-state index is 0.0305. The van der Waals surface area contributed by atoms with E-state index in [4.69, 9.17) is 68.0 Å². The van der Waals surface area contributed by atoms with Crippen molar-refractivity contribution >= 4 is 11.7 Å². The Bertz CT molecular complexity index is 1500. The molecule has 7 aliphatic rings. The van der Waals surface area contributed by atoms with Crippen molar-refractivity contribution in [2.75, 3.05) is 13.2 Å². The van der Waals surface area contributed by atoms with E-state index in [2.05, 4.69) is 4.99 Å². The number of aliphatic imine (C=N–C) groups is 1. The van der Waals surface area contributed by atoms with Gasteiger partial charge in [0.1, 0.15) is 67.9 Å². The van der Waals surface area contributed by atoms with E-state index in [1.54, 1.807) is 12.1 Å². The first-order valence-electron chi connectivity index (χ1n) is 16.1. The number of amidine groups is 2. The minimum atomic E-state index is -0.853. The molecule has 8 rings (SSSR count). The zero-order chi connectivity index (χ0) is 33.3. The highest BCUT2D eigenvalue weighted by atomic mass is 16.9. The van der Waals surface area contributed by atoms with Gasteiger partial charge in [-0.25, -0.2) is 4.99 Å². The number of fused-ring (bicyclic) bond motifs is 7. The van der Waals surface area contributed by atoms with E-state index in [9.17, 15) is 0 Å². The van der Waals surface area contributed by atoms with Gasteiger partial charge in [0.15, 0.2) is 53.1 Å². The van der Waals surface area contributed by atoms with Crippen LogP contribution in [0.25, 0.3) is 0 Å². The van der Waals surface area contributed by atoms with Crippen molar-refractivity contribution in [2.24, 2.45) is 10.7 Å². The molecule has 0 unspecified atom stereocenters. The molecule has 0 spiro atoms. The summed E-state index contributed by atoms with van der Waals surface area (Å²) in [5.74, 6) is -2.41. The minimum Gasteiger partial charge on any atom is -0.487 e. The summed E-state index contributed by atoms with van der Waals surface area (Å²) in [6.07, 6.45) is -5.22. The van der Waals surface area contributed by atoms with Gasteiger partial charge in [-0.3, -0.25) is 5.41 Å². The average molecular weight is 662 g/mol. The molecule has 0 saturated carbocycles. The number of nitrogens with two attached hydrogens (primary N) is 1. The quantitative estimate of drug-likeness (QED) is 0.455. The van der Waals surface area contributed by atoms with Gasteiger partial charge in [-0.1, -0.05) is 0 Å². The third-order valence-corrected chi connectivity index (χ3v) is 9.16. The van der Waals surface area contributed by atoms with Crippen molar-refractivity contribution in [1.29, 1.82) is 5.41 Å². The molecule has 0 aliphatic carbocycles. The van der Waals surface area contributed by atoms with Crippen LogP contribution in [0.5, 0.6) is 11.5 Å². The van der Waals surface area contributed by atoms with E-state index in [0.717, 1.165) is 0 Å². The number of hydrogen-bond donors (Lipinski definition) is 2. The summed E-state index contributed by atoms with van der Waals surface area (Å²) in [7, 11) is 0. The fraction of sp³-hybridized carbons (Fsp3) is 0.750. The van der Waals surface area contributed by atoms with Gasteiger partial charge in [-0.15, -0.1) is 0 Å². The van der Waals surface area contributed by atoms with Crippen molar-refractivity contribution < 1.29 is 56.8 Å². The first kappa shape index (κ1) is 31.8. The normalized spacial score (nSPS) is 41.4. The molecule has 1 aromatic carbocycles. The van der Waals surface area contributed by atoms with Gasteiger partial charge in [0.05, 0.1) is 0 Å². The van der Waals surface area contributed by atoms with Crippen molar-refractivity contribution in [3.05, 3.63) is 23.3 Å². The molecular weight excluding hydrogens is 618 g/mol. The lowest BCUT2D eigenvalue weighted by Crippen LogP contribution is -2.56. The van der Waals surface area contributed by atoms with Crippen molar-refractivity contribution in [3.63, 3.8) is 0 Å². The van der Waals surface area contributed by atoms with Crippen LogP contribution in [-0.4, -0.2) is 109 Å². The van der Waals surface area contributed by atoms with E-state index >= 15 is 0 Å². The molecule has 7 aliphatic heterocycles. The topological polar surface area (TPSA) is 173 Å². The molecule has 0 amide bonds. The third-order valence-electron chi connectivity index (χ3n) is 9.16. The second-order valence-electron chi connectivity index (χ2n) is 14.7. The number of hydrogen-bond acceptors (Lipinski definition) is 14. The molecule has 0 aromatic heterocycles. The Hall–Kier alpha value is -2.44. The third kappa shape index (κ3) is 5.63. The standard InChI is InChI=1S/C32H43N3O12/c1-29(2)40-19-17(38-27-23(21(19)42-29)44-31(5,6)46-27)11-36-15-9-13-14(26(34)35-25(13)33)10-16(15)37-12-18-20-22(43-30(3,4)41-20)24-28(39-18)47-32(7,8)45-24/h9-10,17-24,27-28H,11-12H2,1-8H3,(H3,33,34,35)/t17-,18-,19+,20+,21+,22+,23-,24-,27-,28-/m1/s1. The number of nitrogens with one attached hydrogen (secondary N) is 1. The van der Waals surface area contributed by atoms with Gasteiger partial charge >= 0.3 is 0 Å². The summed E-state index contributed by atoms with van der Waals surface area (Å²) in [5.41, 5.74) is 7.26. The number of benzene rings is 1. The van der Waals surface area contributed by atoms with Crippen LogP contribution in [0.15, 0.2) is 17.1 Å². The number of nitrogens with zero attached hydrogens (tertiary/aromatic N) is 1. The van der Waals surface area contributed by atoms with Gasteiger partial charge in [0, 0.05) is 11.1 Å². The van der Waals surface area contributed by atoms with Crippen molar-refractivity contribution in [1.82, 2.24) is 0 Å². The Morgan fingerprint density at radius 2 is 0.979 bits per heavy atom. The van der Waals surface area contributed by atoms with Gasteiger partial charge in [0.25, 0.3) is 0 Å². The zero-order valence-electron chi connectivity index (χ0n) is 27.8. The molecule has 47 heavy (non-hydrogen) atoms. The fourth-order valence-electron chi connectivity index (χ4n) is 7.43. The van der Waals surface area contributed by atoms with E-state index in [0.29, 0.717) is 22.6 Å². The van der Waals surface area contributed by atoms with Gasteiger partial charge < -0.3 is 62.6 Å². The van der Waals surface area contributed by atoms with Crippen LogP contribution in [-0.2, 0) is 47.4 Å². The fourth-order valence-corrected chi connectivity index (χ4v) is 7.43. The van der Waals surface area contributed by atoms with E-state index in [1.807, 2.05) is 55.4 Å². The summed E-state index contributed by atoms with van der Waals surface area (Å²) in [4.78, 5) is 4.14. The summed E-state index contributed by atoms with van der Waals surface area (Å²) in [6.45, 7) is 14.9. The Kier molecular flexibility index (Phi) is 7.13. The van der Waals surface area contributed by atoms with Crippen LogP contribution in [0.2, 0.25) is 0 Å². The van der Waals surface area contributed by atoms with Gasteiger partial charge in [-0.2, -0.15) is 0 Å². The summed E-state index contributed by atoms with van der Waals surface area (Å²) < 4.78 is 74.9. The van der Waals surface area contributed by atoms with Crippen LogP contribution in [0.4, 0.5) is 0 Å². The van der Waals surface area contributed by atoms with Crippen molar-refractivity contribution in [2.45, 2.75) is 140 Å². The highest BCUT2D eigenvalue weighted by Gasteiger charge is 2.62. The van der Waals surface area contributed by atoms with Crippen LogP contribution in [0, 0.1) is 5.41 Å². The lowest BCUT2D eigenvalue weighted by atomic mass is 9.99. The first-order valence-corrected chi connectivity index (χ1v) is 16.1. The van der Waals surface area contributed by atoms with Crippen LogP contribution < -0.4 is 15.2 Å². The average Bonchev–Trinajstić information content (AvgIpc) is 3.71. The highest BCUT2D eigenvalue weighted by molar-refractivity contribution is 6.21. The Morgan fingerprint density at radius 3 is 1.45 bits per heavy atom. The van der Waals surface area contributed by atoms with Gasteiger partial charge in [-0.05, 0) is 67.5 Å². The van der Waals surface area contributed by atoms with Crippen LogP contribution >= 0.6 is 0 Å². The Labute approximate surface area is 272 Å². The van der Waals surface area contributed by atoms with Crippen LogP contribution in [0.3, 0.4) is 0 Å². The van der Waals surface area contributed by atoms with E-state index < -0.39 is 84.6 Å². The molecule has 10 atom stereocenters. The molecule has 15 heteroatoms. The van der Waals surface area contributed by atoms with E-state index in [-0.39, 0.29) is 24.9 Å².